The molecule has 18 heavy (non-hydrogen) atoms. The summed E-state index contributed by atoms with van der Waals surface area (Å²) < 4.78 is 0. The van der Waals surface area contributed by atoms with E-state index >= 15 is 0 Å². The van der Waals surface area contributed by atoms with E-state index in [1.54, 1.807) is 6.92 Å². The van der Waals surface area contributed by atoms with Crippen molar-refractivity contribution in [3.8, 4) is 0 Å². The summed E-state index contributed by atoms with van der Waals surface area (Å²) in [5.41, 5.74) is -0.276. The van der Waals surface area contributed by atoms with Gasteiger partial charge in [-0.1, -0.05) is 0 Å². The molecule has 0 aromatic carbocycles. The molecule has 3 N–H and O–H groups in total. The van der Waals surface area contributed by atoms with Crippen LogP contribution in [-0.2, 0) is 9.59 Å². The topological polar surface area (TPSA) is 70.2 Å². The molecule has 6 heteroatoms. The van der Waals surface area contributed by atoms with Gasteiger partial charge in [0.1, 0.15) is 6.04 Å². The highest BCUT2D eigenvalue weighted by Gasteiger charge is 2.26. The maximum absolute atomic E-state index is 11.8. The maximum Gasteiger partial charge on any atom is 0.242 e. The van der Waals surface area contributed by atoms with E-state index < -0.39 is 6.04 Å². The predicted molar refractivity (Wildman–Crippen MR) is 73.8 cm³/mol. The molecule has 0 aliphatic carbocycles. The zero-order valence-electron chi connectivity index (χ0n) is 11.5. The molecule has 1 unspecified atom stereocenters. The molecule has 0 saturated carbocycles. The van der Waals surface area contributed by atoms with Crippen LogP contribution in [0, 0.1) is 0 Å². The van der Waals surface area contributed by atoms with E-state index in [4.69, 9.17) is 0 Å². The summed E-state index contributed by atoms with van der Waals surface area (Å²) in [6.45, 7) is 8.32. The van der Waals surface area contributed by atoms with Crippen LogP contribution >= 0.6 is 12.4 Å². The van der Waals surface area contributed by atoms with Gasteiger partial charge in [0.25, 0.3) is 0 Å². The van der Waals surface area contributed by atoms with E-state index in [2.05, 4.69) is 16.0 Å². The van der Waals surface area contributed by atoms with Crippen LogP contribution in [0.5, 0.6) is 0 Å². The van der Waals surface area contributed by atoms with Gasteiger partial charge in [0.15, 0.2) is 0 Å². The van der Waals surface area contributed by atoms with E-state index in [9.17, 15) is 9.59 Å². The van der Waals surface area contributed by atoms with E-state index in [1.165, 1.54) is 0 Å². The lowest BCUT2D eigenvalue weighted by Gasteiger charge is -2.24. The maximum atomic E-state index is 11.8. The Morgan fingerprint density at radius 3 is 2.39 bits per heavy atom. The van der Waals surface area contributed by atoms with Gasteiger partial charge in [-0.25, -0.2) is 0 Å². The summed E-state index contributed by atoms with van der Waals surface area (Å²) in [7, 11) is 0. The van der Waals surface area contributed by atoms with Crippen molar-refractivity contribution in [3.63, 3.8) is 0 Å². The van der Waals surface area contributed by atoms with Crippen LogP contribution in [0.1, 0.15) is 40.5 Å². The van der Waals surface area contributed by atoms with Crippen molar-refractivity contribution in [2.45, 2.75) is 58.2 Å². The summed E-state index contributed by atoms with van der Waals surface area (Å²) >= 11 is 0. The normalized spacial score (nSPS) is 20.8. The van der Waals surface area contributed by atoms with Gasteiger partial charge >= 0.3 is 0 Å². The van der Waals surface area contributed by atoms with Crippen LogP contribution in [0.4, 0.5) is 0 Å². The third-order valence-electron chi connectivity index (χ3n) is 2.63. The molecular formula is C12H24ClN3O2. The average Bonchev–Trinajstić information content (AvgIpc) is 2.67. The molecule has 106 valence electrons. The van der Waals surface area contributed by atoms with Crippen molar-refractivity contribution in [1.82, 2.24) is 16.0 Å². The molecule has 0 aromatic rings. The van der Waals surface area contributed by atoms with Crippen molar-refractivity contribution in [3.05, 3.63) is 0 Å². The van der Waals surface area contributed by atoms with E-state index in [1.807, 2.05) is 20.8 Å². The minimum Gasteiger partial charge on any atom is -0.350 e. The lowest BCUT2D eigenvalue weighted by Crippen LogP contribution is -2.53. The van der Waals surface area contributed by atoms with Crippen molar-refractivity contribution < 1.29 is 9.59 Å². The second-order valence-electron chi connectivity index (χ2n) is 5.62. The third kappa shape index (κ3) is 5.69. The average molecular weight is 278 g/mol. The molecule has 5 nitrogen and oxygen atoms in total. The highest BCUT2D eigenvalue weighted by atomic mass is 35.5. The van der Waals surface area contributed by atoms with Gasteiger partial charge in [-0.2, -0.15) is 0 Å². The number of carbonyl (C=O) groups is 2. The quantitative estimate of drug-likeness (QED) is 0.707. The van der Waals surface area contributed by atoms with Crippen LogP contribution in [0.3, 0.4) is 0 Å². The first-order valence-corrected chi connectivity index (χ1v) is 6.15. The molecule has 1 fully saturated rings. The Morgan fingerprint density at radius 2 is 1.94 bits per heavy atom. The van der Waals surface area contributed by atoms with Crippen LogP contribution < -0.4 is 16.0 Å². The summed E-state index contributed by atoms with van der Waals surface area (Å²) in [6, 6.07) is -0.635. The Kier molecular flexibility index (Phi) is 6.63. The zero-order valence-corrected chi connectivity index (χ0v) is 12.3. The zero-order chi connectivity index (χ0) is 13.1. The molecule has 1 rings (SSSR count). The number of hydrogen-bond acceptors (Lipinski definition) is 3. The Bertz CT molecular complexity index is 296. The fraction of sp³-hybridized carbons (Fsp3) is 0.833. The highest BCUT2D eigenvalue weighted by molar-refractivity contribution is 5.89. The van der Waals surface area contributed by atoms with Crippen molar-refractivity contribution in [2.24, 2.45) is 0 Å². The summed E-state index contributed by atoms with van der Waals surface area (Å²) in [5, 5.41) is 8.68. The van der Waals surface area contributed by atoms with Crippen LogP contribution in [-0.4, -0.2) is 36.0 Å². The smallest absolute Gasteiger partial charge is 0.242 e. The summed E-state index contributed by atoms with van der Waals surface area (Å²) in [4.78, 5) is 23.5. The number of amides is 2. The van der Waals surface area contributed by atoms with Crippen LogP contribution in [0.2, 0.25) is 0 Å². The monoisotopic (exact) mass is 277 g/mol. The van der Waals surface area contributed by atoms with Crippen molar-refractivity contribution in [1.29, 1.82) is 0 Å². The van der Waals surface area contributed by atoms with Gasteiger partial charge in [0.05, 0.1) is 6.04 Å². The fourth-order valence-electron chi connectivity index (χ4n) is 1.77. The number of nitrogens with one attached hydrogen (secondary N) is 3. The van der Waals surface area contributed by atoms with Gasteiger partial charge in [-0.05, 0) is 47.1 Å². The molecule has 2 atom stereocenters. The second-order valence-corrected chi connectivity index (χ2v) is 5.62. The SMILES string of the molecule is CC(NC(=O)[C@@H]1CCCN1)C(=O)NC(C)(C)C.Cl. The van der Waals surface area contributed by atoms with Crippen molar-refractivity contribution >= 4 is 24.2 Å². The van der Waals surface area contributed by atoms with E-state index in [0.717, 1.165) is 19.4 Å². The van der Waals surface area contributed by atoms with E-state index in [-0.39, 0.29) is 35.8 Å². The predicted octanol–water partition coefficient (Wildman–Crippen LogP) is 0.580. The van der Waals surface area contributed by atoms with Gasteiger partial charge < -0.3 is 16.0 Å². The standard InChI is InChI=1S/C12H23N3O2.ClH/c1-8(10(16)15-12(2,3)4)14-11(17)9-6-5-7-13-9;/h8-9,13H,5-7H2,1-4H3,(H,14,17)(H,15,16);1H/t8?,9-;/m0./s1. The summed E-state index contributed by atoms with van der Waals surface area (Å²) in [6.07, 6.45) is 1.86. The molecule has 1 heterocycles. The largest absolute Gasteiger partial charge is 0.350 e. The Labute approximate surface area is 115 Å². The first-order valence-electron chi connectivity index (χ1n) is 6.15. The minimum atomic E-state index is -0.496. The third-order valence-corrected chi connectivity index (χ3v) is 2.63. The molecule has 2 amide bonds. The number of carbonyl (C=O) groups excluding carboxylic acids is 2. The van der Waals surface area contributed by atoms with Gasteiger partial charge in [0.2, 0.25) is 11.8 Å². The first kappa shape index (κ1) is 17.2. The number of hydrogen-bond donors (Lipinski definition) is 3. The minimum absolute atomic E-state index is 0. The van der Waals surface area contributed by atoms with Gasteiger partial charge in [-0.15, -0.1) is 12.4 Å². The second kappa shape index (κ2) is 6.95. The Morgan fingerprint density at radius 1 is 1.33 bits per heavy atom. The molecule has 0 aromatic heterocycles. The Hall–Kier alpha value is -0.810. The molecule has 0 spiro atoms. The lowest BCUT2D eigenvalue weighted by atomic mass is 10.1. The molecule has 0 bridgehead atoms. The fourth-order valence-corrected chi connectivity index (χ4v) is 1.77. The molecule has 0 radical (unpaired) electrons. The molecular weight excluding hydrogens is 254 g/mol. The van der Waals surface area contributed by atoms with E-state index in [0.29, 0.717) is 0 Å². The number of rotatable bonds is 3. The molecule has 1 saturated heterocycles. The molecule has 1 aliphatic heterocycles. The highest BCUT2D eigenvalue weighted by Crippen LogP contribution is 2.05. The Balaban J connectivity index is 0.00000289. The first-order chi connectivity index (χ1) is 7.79. The lowest BCUT2D eigenvalue weighted by molar-refractivity contribution is -0.130. The number of halogens is 1. The van der Waals surface area contributed by atoms with Gasteiger partial charge in [0, 0.05) is 5.54 Å². The summed E-state index contributed by atoms with van der Waals surface area (Å²) in [5.74, 6) is -0.233. The van der Waals surface area contributed by atoms with Crippen molar-refractivity contribution in [2.75, 3.05) is 6.54 Å². The molecule has 1 aliphatic rings. The van der Waals surface area contributed by atoms with Gasteiger partial charge in [-0.3, -0.25) is 9.59 Å². The van der Waals surface area contributed by atoms with Crippen LogP contribution in [0.25, 0.3) is 0 Å². The van der Waals surface area contributed by atoms with Crippen LogP contribution in [0.15, 0.2) is 0 Å².